The Hall–Kier alpha value is -2.53. The highest BCUT2D eigenvalue weighted by molar-refractivity contribution is 6.30. The predicted molar refractivity (Wildman–Crippen MR) is 91.9 cm³/mol. The summed E-state index contributed by atoms with van der Waals surface area (Å²) in [5.74, 6) is -0.868. The van der Waals surface area contributed by atoms with Crippen molar-refractivity contribution in [3.8, 4) is 0 Å². The molecule has 0 saturated carbocycles. The van der Waals surface area contributed by atoms with Crippen LogP contribution in [0.25, 0.3) is 11.6 Å². The van der Waals surface area contributed by atoms with Gasteiger partial charge in [-0.2, -0.15) is 13.2 Å². The molecule has 130 valence electrons. The highest BCUT2D eigenvalue weighted by atomic mass is 35.5. The fraction of sp³-hybridized carbons (Fsp3) is 0.105. The van der Waals surface area contributed by atoms with Crippen LogP contribution in [0.4, 0.5) is 13.2 Å². The molecule has 0 amide bonds. The number of esters is 1. The van der Waals surface area contributed by atoms with Crippen molar-refractivity contribution in [2.24, 2.45) is 0 Å². The van der Waals surface area contributed by atoms with Gasteiger partial charge in [-0.1, -0.05) is 54.1 Å². The first-order valence-electron chi connectivity index (χ1n) is 7.21. The molecule has 0 bridgehead atoms. The van der Waals surface area contributed by atoms with Crippen LogP contribution in [0.15, 0.2) is 66.2 Å². The van der Waals surface area contributed by atoms with E-state index in [9.17, 15) is 18.0 Å². The standard InChI is InChI=1S/C19H14ClF3O2/c1-25-18(24)15(11-13-7-9-16(20)10-8-13)12-17(19(21,22)23)14-5-3-2-4-6-14/h2-12H,1H3/b15-11+,17-12+. The number of allylic oxidation sites excluding steroid dienone is 1. The molecular weight excluding hydrogens is 353 g/mol. The lowest BCUT2D eigenvalue weighted by molar-refractivity contribution is -0.135. The van der Waals surface area contributed by atoms with E-state index in [0.29, 0.717) is 10.6 Å². The second kappa shape index (κ2) is 8.03. The summed E-state index contributed by atoms with van der Waals surface area (Å²) in [5, 5.41) is 0.479. The molecule has 2 aromatic rings. The molecule has 0 spiro atoms. The Balaban J connectivity index is 2.57. The summed E-state index contributed by atoms with van der Waals surface area (Å²) in [4.78, 5) is 11.9. The lowest BCUT2D eigenvalue weighted by atomic mass is 10.0. The molecule has 0 aliphatic heterocycles. The maximum atomic E-state index is 13.5. The predicted octanol–water partition coefficient (Wildman–Crippen LogP) is 5.54. The summed E-state index contributed by atoms with van der Waals surface area (Å²) in [6.07, 6.45) is -2.53. The fourth-order valence-electron chi connectivity index (χ4n) is 2.12. The first kappa shape index (κ1) is 18.8. The Labute approximate surface area is 148 Å². The molecule has 25 heavy (non-hydrogen) atoms. The number of halogens is 4. The fourth-order valence-corrected chi connectivity index (χ4v) is 2.24. The van der Waals surface area contributed by atoms with Crippen LogP contribution >= 0.6 is 11.6 Å². The van der Waals surface area contributed by atoms with Crippen LogP contribution in [0.1, 0.15) is 11.1 Å². The number of ether oxygens (including phenoxy) is 1. The zero-order valence-corrected chi connectivity index (χ0v) is 13.9. The van der Waals surface area contributed by atoms with Gasteiger partial charge in [-0.15, -0.1) is 0 Å². The molecule has 0 aromatic heterocycles. The minimum Gasteiger partial charge on any atom is -0.465 e. The number of alkyl halides is 3. The number of methoxy groups -OCH3 is 1. The zero-order valence-electron chi connectivity index (χ0n) is 13.2. The first-order valence-corrected chi connectivity index (χ1v) is 7.59. The number of rotatable bonds is 4. The second-order valence-corrected chi connectivity index (χ2v) is 5.50. The normalized spacial score (nSPS) is 12.8. The zero-order chi connectivity index (χ0) is 18.4. The van der Waals surface area contributed by atoms with Gasteiger partial charge in [0.2, 0.25) is 0 Å². The van der Waals surface area contributed by atoms with E-state index in [1.807, 2.05) is 0 Å². The van der Waals surface area contributed by atoms with Crippen LogP contribution < -0.4 is 0 Å². The molecule has 0 aliphatic rings. The van der Waals surface area contributed by atoms with Gasteiger partial charge in [0.25, 0.3) is 0 Å². The smallest absolute Gasteiger partial charge is 0.417 e. The third kappa shape index (κ3) is 5.22. The maximum Gasteiger partial charge on any atom is 0.417 e. The van der Waals surface area contributed by atoms with Crippen molar-refractivity contribution in [3.63, 3.8) is 0 Å². The van der Waals surface area contributed by atoms with Crippen LogP contribution in [0.3, 0.4) is 0 Å². The van der Waals surface area contributed by atoms with Gasteiger partial charge >= 0.3 is 12.1 Å². The van der Waals surface area contributed by atoms with Gasteiger partial charge in [0.1, 0.15) is 0 Å². The first-order chi connectivity index (χ1) is 11.8. The van der Waals surface area contributed by atoms with E-state index >= 15 is 0 Å². The van der Waals surface area contributed by atoms with Crippen LogP contribution in [-0.4, -0.2) is 19.3 Å². The monoisotopic (exact) mass is 366 g/mol. The molecule has 0 unspecified atom stereocenters. The second-order valence-electron chi connectivity index (χ2n) is 5.06. The quantitative estimate of drug-likeness (QED) is 0.403. The van der Waals surface area contributed by atoms with E-state index in [1.54, 1.807) is 30.3 Å². The topological polar surface area (TPSA) is 26.3 Å². The minimum atomic E-state index is -4.63. The molecule has 6 heteroatoms. The van der Waals surface area contributed by atoms with E-state index < -0.39 is 17.7 Å². The van der Waals surface area contributed by atoms with Gasteiger partial charge in [-0.05, 0) is 35.4 Å². The van der Waals surface area contributed by atoms with Crippen molar-refractivity contribution >= 4 is 29.2 Å². The number of hydrogen-bond donors (Lipinski definition) is 0. The van der Waals surface area contributed by atoms with Crippen LogP contribution in [0, 0.1) is 0 Å². The van der Waals surface area contributed by atoms with Gasteiger partial charge < -0.3 is 4.74 Å². The van der Waals surface area contributed by atoms with Gasteiger partial charge in [0.05, 0.1) is 18.3 Å². The highest BCUT2D eigenvalue weighted by Crippen LogP contribution is 2.35. The molecular formula is C19H14ClF3O2. The van der Waals surface area contributed by atoms with E-state index in [0.717, 1.165) is 13.2 Å². The largest absolute Gasteiger partial charge is 0.465 e. The average Bonchev–Trinajstić information content (AvgIpc) is 2.59. The Bertz CT molecular complexity index is 792. The van der Waals surface area contributed by atoms with E-state index in [4.69, 9.17) is 11.6 Å². The molecule has 2 nitrogen and oxygen atoms in total. The Kier molecular flexibility index (Phi) is 6.04. The average molecular weight is 367 g/mol. The Morgan fingerprint density at radius 3 is 2.16 bits per heavy atom. The Morgan fingerprint density at radius 1 is 1.04 bits per heavy atom. The molecule has 0 heterocycles. The van der Waals surface area contributed by atoms with Crippen molar-refractivity contribution in [1.29, 1.82) is 0 Å². The number of benzene rings is 2. The summed E-state index contributed by atoms with van der Waals surface area (Å²) in [6.45, 7) is 0. The van der Waals surface area contributed by atoms with Crippen molar-refractivity contribution in [2.75, 3.05) is 7.11 Å². The van der Waals surface area contributed by atoms with E-state index in [-0.39, 0.29) is 11.1 Å². The van der Waals surface area contributed by atoms with Crippen molar-refractivity contribution in [2.45, 2.75) is 6.18 Å². The van der Waals surface area contributed by atoms with Gasteiger partial charge in [-0.3, -0.25) is 0 Å². The van der Waals surface area contributed by atoms with Crippen LogP contribution in [-0.2, 0) is 9.53 Å². The van der Waals surface area contributed by atoms with E-state index in [2.05, 4.69) is 4.74 Å². The molecule has 0 radical (unpaired) electrons. The van der Waals surface area contributed by atoms with Gasteiger partial charge in [-0.25, -0.2) is 4.79 Å². The number of carbonyl (C=O) groups is 1. The van der Waals surface area contributed by atoms with E-state index in [1.165, 1.54) is 30.3 Å². The summed E-state index contributed by atoms with van der Waals surface area (Å²) < 4.78 is 45.0. The summed E-state index contributed by atoms with van der Waals surface area (Å²) in [7, 11) is 1.11. The summed E-state index contributed by atoms with van der Waals surface area (Å²) in [5.41, 5.74) is -0.670. The SMILES string of the molecule is COC(=O)C(=C/c1ccc(Cl)cc1)/C=C(\c1ccccc1)C(F)(F)F. The Morgan fingerprint density at radius 2 is 1.64 bits per heavy atom. The molecule has 2 rings (SSSR count). The van der Waals surface area contributed by atoms with Gasteiger partial charge in [0.15, 0.2) is 0 Å². The lowest BCUT2D eigenvalue weighted by Gasteiger charge is -2.13. The third-order valence-corrected chi connectivity index (χ3v) is 3.56. The minimum absolute atomic E-state index is 0.0408. The van der Waals surface area contributed by atoms with Crippen LogP contribution in [0.2, 0.25) is 5.02 Å². The maximum absolute atomic E-state index is 13.5. The molecule has 0 aliphatic carbocycles. The van der Waals surface area contributed by atoms with Crippen molar-refractivity contribution in [3.05, 3.63) is 82.4 Å². The summed E-state index contributed by atoms with van der Waals surface area (Å²) >= 11 is 5.79. The molecule has 2 aromatic carbocycles. The van der Waals surface area contributed by atoms with Crippen molar-refractivity contribution < 1.29 is 22.7 Å². The number of carbonyl (C=O) groups excluding carboxylic acids is 1. The number of hydrogen-bond acceptors (Lipinski definition) is 2. The van der Waals surface area contributed by atoms with Crippen molar-refractivity contribution in [1.82, 2.24) is 0 Å². The lowest BCUT2D eigenvalue weighted by Crippen LogP contribution is -2.13. The molecule has 0 fully saturated rings. The summed E-state index contributed by atoms with van der Waals surface area (Å²) in [6, 6.07) is 13.6. The molecule has 0 saturated heterocycles. The van der Waals surface area contributed by atoms with Crippen LogP contribution in [0.5, 0.6) is 0 Å². The molecule has 0 atom stereocenters. The molecule has 0 N–H and O–H groups in total. The third-order valence-electron chi connectivity index (χ3n) is 3.30. The highest BCUT2D eigenvalue weighted by Gasteiger charge is 2.35. The van der Waals surface area contributed by atoms with Gasteiger partial charge in [0, 0.05) is 5.02 Å².